The lowest BCUT2D eigenvalue weighted by atomic mass is 10.2. The summed E-state index contributed by atoms with van der Waals surface area (Å²) in [7, 11) is 0. The summed E-state index contributed by atoms with van der Waals surface area (Å²) in [6, 6.07) is 11.7. The number of nitro benzene ring substituents is 1. The molecule has 0 unspecified atom stereocenters. The molecule has 0 heterocycles. The summed E-state index contributed by atoms with van der Waals surface area (Å²) < 4.78 is 18.2. The predicted octanol–water partition coefficient (Wildman–Crippen LogP) is 3.49. The van der Waals surface area contributed by atoms with E-state index in [0.717, 1.165) is 0 Å². The second-order valence-corrected chi connectivity index (χ2v) is 4.38. The zero-order valence-corrected chi connectivity index (χ0v) is 11.4. The standard InChI is InChI=1S/C16H12FNO4/c17-15-4-2-1-3-13(15)11-22-16(19)10-7-12-5-8-14(9-6-12)18(20)21/h1-10H,11H2/b10-7+. The SMILES string of the molecule is O=C(/C=C/c1ccc([N+](=O)[O-])cc1)OCc1ccccc1F. The Morgan fingerprint density at radius 1 is 1.18 bits per heavy atom. The van der Waals surface area contributed by atoms with Crippen LogP contribution >= 0.6 is 0 Å². The van der Waals surface area contributed by atoms with Gasteiger partial charge in [-0.3, -0.25) is 10.1 Å². The van der Waals surface area contributed by atoms with Gasteiger partial charge in [-0.1, -0.05) is 18.2 Å². The molecule has 112 valence electrons. The first-order chi connectivity index (χ1) is 10.6. The largest absolute Gasteiger partial charge is 0.458 e. The average molecular weight is 301 g/mol. The minimum absolute atomic E-state index is 0.0284. The van der Waals surface area contributed by atoms with Crippen molar-refractivity contribution in [2.24, 2.45) is 0 Å². The van der Waals surface area contributed by atoms with Crippen molar-refractivity contribution in [2.75, 3.05) is 0 Å². The van der Waals surface area contributed by atoms with Crippen LogP contribution in [0.25, 0.3) is 6.08 Å². The molecule has 0 aliphatic rings. The Balaban J connectivity index is 1.91. The maximum Gasteiger partial charge on any atom is 0.331 e. The van der Waals surface area contributed by atoms with Gasteiger partial charge in [-0.05, 0) is 29.8 Å². The van der Waals surface area contributed by atoms with Crippen molar-refractivity contribution < 1.29 is 18.8 Å². The third-order valence-corrected chi connectivity index (χ3v) is 2.84. The number of nitro groups is 1. The molecular weight excluding hydrogens is 289 g/mol. The lowest BCUT2D eigenvalue weighted by molar-refractivity contribution is -0.384. The normalized spacial score (nSPS) is 10.6. The van der Waals surface area contributed by atoms with E-state index in [1.807, 2.05) is 0 Å². The molecule has 0 saturated carbocycles. The van der Waals surface area contributed by atoms with Gasteiger partial charge >= 0.3 is 5.97 Å². The van der Waals surface area contributed by atoms with E-state index in [9.17, 15) is 19.3 Å². The quantitative estimate of drug-likeness (QED) is 0.367. The lowest BCUT2D eigenvalue weighted by Gasteiger charge is -2.03. The molecule has 5 nitrogen and oxygen atoms in total. The summed E-state index contributed by atoms with van der Waals surface area (Å²) in [6.45, 7) is -0.157. The van der Waals surface area contributed by atoms with Crippen LogP contribution in [0.3, 0.4) is 0 Å². The Labute approximate surface area is 125 Å². The van der Waals surface area contributed by atoms with Crippen LogP contribution in [-0.2, 0) is 16.1 Å². The minimum atomic E-state index is -0.624. The molecule has 0 bridgehead atoms. The number of halogens is 1. The number of ether oxygens (including phenoxy) is 1. The molecule has 0 radical (unpaired) electrons. The van der Waals surface area contributed by atoms with Gasteiger partial charge in [-0.15, -0.1) is 0 Å². The molecular formula is C16H12FNO4. The Kier molecular flexibility index (Phi) is 4.98. The van der Waals surface area contributed by atoms with Gasteiger partial charge in [0.05, 0.1) is 4.92 Å². The van der Waals surface area contributed by atoms with Crippen LogP contribution in [0.5, 0.6) is 0 Å². The summed E-state index contributed by atoms with van der Waals surface area (Å²) in [4.78, 5) is 21.5. The first-order valence-electron chi connectivity index (χ1n) is 6.39. The number of hydrogen-bond acceptors (Lipinski definition) is 4. The van der Waals surface area contributed by atoms with E-state index < -0.39 is 16.7 Å². The van der Waals surface area contributed by atoms with Gasteiger partial charge < -0.3 is 4.74 Å². The third-order valence-electron chi connectivity index (χ3n) is 2.84. The highest BCUT2D eigenvalue weighted by molar-refractivity contribution is 5.87. The molecule has 0 aliphatic heterocycles. The fraction of sp³-hybridized carbons (Fsp3) is 0.0625. The molecule has 0 aromatic heterocycles. The van der Waals surface area contributed by atoms with Crippen LogP contribution < -0.4 is 0 Å². The zero-order valence-electron chi connectivity index (χ0n) is 11.4. The maximum absolute atomic E-state index is 13.3. The molecule has 0 N–H and O–H groups in total. The molecule has 0 aliphatic carbocycles. The van der Waals surface area contributed by atoms with Gasteiger partial charge in [0.1, 0.15) is 12.4 Å². The van der Waals surface area contributed by atoms with Crippen LogP contribution in [0.4, 0.5) is 10.1 Å². The minimum Gasteiger partial charge on any atom is -0.458 e. The van der Waals surface area contributed by atoms with E-state index in [1.165, 1.54) is 48.6 Å². The average Bonchev–Trinajstić information content (AvgIpc) is 2.52. The van der Waals surface area contributed by atoms with E-state index in [2.05, 4.69) is 0 Å². The smallest absolute Gasteiger partial charge is 0.331 e. The molecule has 0 saturated heterocycles. The van der Waals surface area contributed by atoms with Gasteiger partial charge in [0, 0.05) is 23.8 Å². The molecule has 6 heteroatoms. The molecule has 0 spiro atoms. The predicted molar refractivity (Wildman–Crippen MR) is 78.3 cm³/mol. The van der Waals surface area contributed by atoms with Gasteiger partial charge in [0.25, 0.3) is 5.69 Å². The van der Waals surface area contributed by atoms with Crippen molar-refractivity contribution in [1.29, 1.82) is 0 Å². The van der Waals surface area contributed by atoms with E-state index in [0.29, 0.717) is 11.1 Å². The number of carbonyl (C=O) groups excluding carboxylic acids is 1. The Morgan fingerprint density at radius 2 is 1.86 bits per heavy atom. The van der Waals surface area contributed by atoms with Crippen molar-refractivity contribution in [3.8, 4) is 0 Å². The molecule has 2 rings (SSSR count). The van der Waals surface area contributed by atoms with Gasteiger partial charge in [0.2, 0.25) is 0 Å². The summed E-state index contributed by atoms with van der Waals surface area (Å²) in [5.41, 5.74) is 0.882. The summed E-state index contributed by atoms with van der Waals surface area (Å²) >= 11 is 0. The van der Waals surface area contributed by atoms with Crippen molar-refractivity contribution in [2.45, 2.75) is 6.61 Å². The second-order valence-electron chi connectivity index (χ2n) is 4.38. The summed E-state index contributed by atoms with van der Waals surface area (Å²) in [5.74, 6) is -1.06. The van der Waals surface area contributed by atoms with E-state index in [-0.39, 0.29) is 12.3 Å². The lowest BCUT2D eigenvalue weighted by Crippen LogP contribution is -2.02. The highest BCUT2D eigenvalue weighted by Crippen LogP contribution is 2.13. The second kappa shape index (κ2) is 7.12. The topological polar surface area (TPSA) is 69.4 Å². The fourth-order valence-electron chi connectivity index (χ4n) is 1.68. The van der Waals surface area contributed by atoms with E-state index in [1.54, 1.807) is 12.1 Å². The van der Waals surface area contributed by atoms with Crippen LogP contribution in [0.1, 0.15) is 11.1 Å². The van der Waals surface area contributed by atoms with Crippen LogP contribution in [0.2, 0.25) is 0 Å². The van der Waals surface area contributed by atoms with Crippen molar-refractivity contribution in [3.63, 3.8) is 0 Å². The molecule has 0 fully saturated rings. The zero-order chi connectivity index (χ0) is 15.9. The molecule has 0 amide bonds. The molecule has 22 heavy (non-hydrogen) atoms. The van der Waals surface area contributed by atoms with Crippen molar-refractivity contribution in [1.82, 2.24) is 0 Å². The number of benzene rings is 2. The Bertz CT molecular complexity index is 710. The van der Waals surface area contributed by atoms with Gasteiger partial charge in [-0.2, -0.15) is 0 Å². The van der Waals surface area contributed by atoms with Crippen LogP contribution in [-0.4, -0.2) is 10.9 Å². The van der Waals surface area contributed by atoms with Gasteiger partial charge in [-0.25, -0.2) is 9.18 Å². The maximum atomic E-state index is 13.3. The highest BCUT2D eigenvalue weighted by Gasteiger charge is 2.05. The number of rotatable bonds is 5. The van der Waals surface area contributed by atoms with Crippen molar-refractivity contribution in [3.05, 3.63) is 81.7 Å². The molecule has 2 aromatic rings. The Hall–Kier alpha value is -3.02. The number of non-ortho nitro benzene ring substituents is 1. The molecule has 2 aromatic carbocycles. The third kappa shape index (κ3) is 4.24. The number of esters is 1. The number of hydrogen-bond donors (Lipinski definition) is 0. The summed E-state index contributed by atoms with van der Waals surface area (Å²) in [5, 5.41) is 10.5. The van der Waals surface area contributed by atoms with Crippen LogP contribution in [0, 0.1) is 15.9 Å². The Morgan fingerprint density at radius 3 is 2.50 bits per heavy atom. The number of carbonyl (C=O) groups is 1. The highest BCUT2D eigenvalue weighted by atomic mass is 19.1. The fourth-order valence-corrected chi connectivity index (χ4v) is 1.68. The summed E-state index contributed by atoms with van der Waals surface area (Å²) in [6.07, 6.45) is 2.65. The van der Waals surface area contributed by atoms with E-state index in [4.69, 9.17) is 4.74 Å². The first-order valence-corrected chi connectivity index (χ1v) is 6.39. The van der Waals surface area contributed by atoms with Crippen molar-refractivity contribution >= 4 is 17.7 Å². The number of nitrogens with zero attached hydrogens (tertiary/aromatic N) is 1. The molecule has 0 atom stereocenters. The van der Waals surface area contributed by atoms with Crippen LogP contribution in [0.15, 0.2) is 54.6 Å². The first kappa shape index (κ1) is 15.4. The monoisotopic (exact) mass is 301 g/mol. The van der Waals surface area contributed by atoms with Gasteiger partial charge in [0.15, 0.2) is 0 Å². The van der Waals surface area contributed by atoms with E-state index >= 15 is 0 Å².